The smallest absolute Gasteiger partial charge is 0.0692 e. The Labute approximate surface area is 134 Å². The average Bonchev–Trinajstić information content (AvgIpc) is 2.92. The highest BCUT2D eigenvalue weighted by atomic mass is 35.5. The van der Waals surface area contributed by atoms with Crippen molar-refractivity contribution in [3.05, 3.63) is 68.9 Å². The summed E-state index contributed by atoms with van der Waals surface area (Å²) < 4.78 is 0. The topological polar surface area (TPSA) is 12.0 Å². The molecule has 0 aliphatic rings. The summed E-state index contributed by atoms with van der Waals surface area (Å²) in [5.41, 5.74) is 2.60. The highest BCUT2D eigenvalue weighted by molar-refractivity contribution is 7.10. The quantitative estimate of drug-likeness (QED) is 0.664. The predicted octanol–water partition coefficient (Wildman–Crippen LogP) is 5.56. The molecule has 1 heterocycles. The van der Waals surface area contributed by atoms with E-state index in [1.54, 1.807) is 11.3 Å². The van der Waals surface area contributed by atoms with E-state index in [4.69, 9.17) is 11.6 Å². The second-order valence-corrected chi connectivity index (χ2v) is 6.50. The van der Waals surface area contributed by atoms with Gasteiger partial charge in [0.2, 0.25) is 0 Å². The summed E-state index contributed by atoms with van der Waals surface area (Å²) in [5.74, 6) is 0. The van der Waals surface area contributed by atoms with Crippen LogP contribution in [0.4, 0.5) is 0 Å². The van der Waals surface area contributed by atoms with Crippen LogP contribution >= 0.6 is 22.9 Å². The first-order chi connectivity index (χ1) is 10.2. The van der Waals surface area contributed by atoms with Gasteiger partial charge >= 0.3 is 0 Å². The summed E-state index contributed by atoms with van der Waals surface area (Å²) >= 11 is 8.08. The normalized spacial score (nSPS) is 12.7. The fourth-order valence-electron chi connectivity index (χ4n) is 2.78. The number of rotatable bonds is 4. The molecule has 108 valence electrons. The van der Waals surface area contributed by atoms with Crippen molar-refractivity contribution in [3.8, 4) is 0 Å². The maximum Gasteiger partial charge on any atom is 0.0692 e. The third kappa shape index (κ3) is 2.71. The molecule has 0 radical (unpaired) electrons. The van der Waals surface area contributed by atoms with Crippen LogP contribution in [0.25, 0.3) is 10.8 Å². The van der Waals surface area contributed by atoms with Gasteiger partial charge in [0.05, 0.1) is 11.1 Å². The number of hydrogen-bond donors (Lipinski definition) is 1. The van der Waals surface area contributed by atoms with Crippen LogP contribution < -0.4 is 5.32 Å². The molecule has 1 nitrogen and oxygen atoms in total. The van der Waals surface area contributed by atoms with Crippen molar-refractivity contribution < 1.29 is 0 Å². The first-order valence-electron chi connectivity index (χ1n) is 7.17. The minimum Gasteiger partial charge on any atom is -0.306 e. The van der Waals surface area contributed by atoms with Gasteiger partial charge in [-0.3, -0.25) is 0 Å². The molecule has 0 spiro atoms. The van der Waals surface area contributed by atoms with E-state index >= 15 is 0 Å². The Kier molecular flexibility index (Phi) is 4.29. The maximum atomic E-state index is 6.37. The number of benzene rings is 2. The van der Waals surface area contributed by atoms with Gasteiger partial charge in [0, 0.05) is 4.88 Å². The van der Waals surface area contributed by atoms with Crippen LogP contribution in [0.5, 0.6) is 0 Å². The Morgan fingerprint density at radius 1 is 1.10 bits per heavy atom. The SMILES string of the molecule is CCNC(c1sccc1Cl)c1ccc(C)c2ccccc12. The minimum atomic E-state index is 0.146. The molecule has 0 saturated carbocycles. The lowest BCUT2D eigenvalue weighted by atomic mass is 9.95. The number of halogens is 1. The highest BCUT2D eigenvalue weighted by Crippen LogP contribution is 2.36. The third-order valence-corrected chi connectivity index (χ3v) is 5.23. The average molecular weight is 316 g/mol. The van der Waals surface area contributed by atoms with Gasteiger partial charge in [0.25, 0.3) is 0 Å². The lowest BCUT2D eigenvalue weighted by molar-refractivity contribution is 0.643. The highest BCUT2D eigenvalue weighted by Gasteiger charge is 2.19. The van der Waals surface area contributed by atoms with Crippen LogP contribution in [0.1, 0.15) is 29.0 Å². The molecule has 0 bridgehead atoms. The van der Waals surface area contributed by atoms with Crippen molar-refractivity contribution in [3.63, 3.8) is 0 Å². The monoisotopic (exact) mass is 315 g/mol. The molecule has 2 aromatic carbocycles. The minimum absolute atomic E-state index is 0.146. The van der Waals surface area contributed by atoms with Crippen LogP contribution in [-0.4, -0.2) is 6.54 Å². The van der Waals surface area contributed by atoms with E-state index < -0.39 is 0 Å². The van der Waals surface area contributed by atoms with E-state index in [0.717, 1.165) is 11.6 Å². The summed E-state index contributed by atoms with van der Waals surface area (Å²) in [7, 11) is 0. The zero-order valence-corrected chi connectivity index (χ0v) is 13.8. The molecule has 1 aromatic heterocycles. The molecule has 1 N–H and O–H groups in total. The van der Waals surface area contributed by atoms with Crippen LogP contribution in [-0.2, 0) is 0 Å². The van der Waals surface area contributed by atoms with Gasteiger partial charge in [-0.25, -0.2) is 0 Å². The Morgan fingerprint density at radius 3 is 2.52 bits per heavy atom. The van der Waals surface area contributed by atoms with Gasteiger partial charge in [-0.15, -0.1) is 11.3 Å². The van der Waals surface area contributed by atoms with Gasteiger partial charge < -0.3 is 5.32 Å². The largest absolute Gasteiger partial charge is 0.306 e. The second kappa shape index (κ2) is 6.18. The van der Waals surface area contributed by atoms with Gasteiger partial charge in [-0.05, 0) is 46.8 Å². The van der Waals surface area contributed by atoms with E-state index in [0.29, 0.717) is 0 Å². The molecular weight excluding hydrogens is 298 g/mol. The van der Waals surface area contributed by atoms with Crippen molar-refractivity contribution in [1.29, 1.82) is 0 Å². The zero-order chi connectivity index (χ0) is 14.8. The zero-order valence-electron chi connectivity index (χ0n) is 12.2. The Bertz CT molecular complexity index is 763. The standard InChI is InChI=1S/C18H18ClNS/c1-3-20-17(18-16(19)10-11-21-18)15-9-8-12(2)13-6-4-5-7-14(13)15/h4-11,17,20H,3H2,1-2H3. The first-order valence-corrected chi connectivity index (χ1v) is 8.42. The molecule has 1 unspecified atom stereocenters. The van der Waals surface area contributed by atoms with E-state index in [9.17, 15) is 0 Å². The van der Waals surface area contributed by atoms with E-state index in [2.05, 4.69) is 60.9 Å². The lowest BCUT2D eigenvalue weighted by Crippen LogP contribution is -2.21. The second-order valence-electron chi connectivity index (χ2n) is 5.14. The third-order valence-electron chi connectivity index (χ3n) is 3.80. The molecule has 0 fully saturated rings. The number of fused-ring (bicyclic) bond motifs is 1. The molecule has 3 rings (SSSR count). The lowest BCUT2D eigenvalue weighted by Gasteiger charge is -2.20. The molecule has 0 aliphatic heterocycles. The molecule has 1 atom stereocenters. The molecule has 3 aromatic rings. The van der Waals surface area contributed by atoms with Gasteiger partial charge in [-0.1, -0.05) is 54.9 Å². The number of aryl methyl sites for hydroxylation is 1. The summed E-state index contributed by atoms with van der Waals surface area (Å²) in [5, 5.41) is 9.09. The Hall–Kier alpha value is -1.35. The Morgan fingerprint density at radius 2 is 1.86 bits per heavy atom. The summed E-state index contributed by atoms with van der Waals surface area (Å²) in [4.78, 5) is 1.19. The first kappa shape index (κ1) is 14.6. The van der Waals surface area contributed by atoms with Crippen LogP contribution in [0.2, 0.25) is 5.02 Å². The van der Waals surface area contributed by atoms with E-state index in [1.807, 2.05) is 6.07 Å². The van der Waals surface area contributed by atoms with Crippen molar-refractivity contribution >= 4 is 33.7 Å². The predicted molar refractivity (Wildman–Crippen MR) is 93.5 cm³/mol. The van der Waals surface area contributed by atoms with Crippen LogP contribution in [0, 0.1) is 6.92 Å². The summed E-state index contributed by atoms with van der Waals surface area (Å²) in [6, 6.07) is 15.1. The molecular formula is C18H18ClNS. The van der Waals surface area contributed by atoms with E-state index in [-0.39, 0.29) is 6.04 Å². The molecule has 21 heavy (non-hydrogen) atoms. The number of thiophene rings is 1. The van der Waals surface area contributed by atoms with Crippen molar-refractivity contribution in [2.24, 2.45) is 0 Å². The fraction of sp³-hybridized carbons (Fsp3) is 0.222. The van der Waals surface area contributed by atoms with Crippen LogP contribution in [0.3, 0.4) is 0 Å². The fourth-order valence-corrected chi connectivity index (χ4v) is 4.04. The maximum absolute atomic E-state index is 6.37. The molecule has 0 aliphatic carbocycles. The number of hydrogen-bond acceptors (Lipinski definition) is 2. The molecule has 3 heteroatoms. The number of nitrogens with one attached hydrogen (secondary N) is 1. The molecule has 0 saturated heterocycles. The van der Waals surface area contributed by atoms with Gasteiger partial charge in [-0.2, -0.15) is 0 Å². The van der Waals surface area contributed by atoms with Crippen molar-refractivity contribution in [1.82, 2.24) is 5.32 Å². The van der Waals surface area contributed by atoms with Gasteiger partial charge in [0.1, 0.15) is 0 Å². The van der Waals surface area contributed by atoms with Crippen molar-refractivity contribution in [2.45, 2.75) is 19.9 Å². The summed E-state index contributed by atoms with van der Waals surface area (Å²) in [6.45, 7) is 5.19. The summed E-state index contributed by atoms with van der Waals surface area (Å²) in [6.07, 6.45) is 0. The van der Waals surface area contributed by atoms with Gasteiger partial charge in [0.15, 0.2) is 0 Å². The van der Waals surface area contributed by atoms with Crippen LogP contribution in [0.15, 0.2) is 47.8 Å². The van der Waals surface area contributed by atoms with Crippen molar-refractivity contribution in [2.75, 3.05) is 6.54 Å². The molecule has 0 amide bonds. The Balaban J connectivity index is 2.21. The van der Waals surface area contributed by atoms with E-state index in [1.165, 1.54) is 26.8 Å².